The number of sulfone groups is 1. The Morgan fingerprint density at radius 1 is 1.24 bits per heavy atom. The molecule has 0 aromatic rings. The van der Waals surface area contributed by atoms with Gasteiger partial charge in [-0.1, -0.05) is 20.8 Å². The quantitative estimate of drug-likeness (QED) is 0.579. The van der Waals surface area contributed by atoms with Crippen molar-refractivity contribution in [2.75, 3.05) is 25.1 Å². The largest absolute Gasteiger partial charge is 0.355 e. The van der Waals surface area contributed by atoms with Crippen LogP contribution in [0.2, 0.25) is 0 Å². The van der Waals surface area contributed by atoms with E-state index in [9.17, 15) is 8.42 Å². The molecule has 1 aliphatic carbocycles. The Morgan fingerprint density at radius 2 is 1.86 bits per heavy atom. The van der Waals surface area contributed by atoms with Crippen LogP contribution < -0.4 is 10.6 Å². The van der Waals surface area contributed by atoms with Crippen molar-refractivity contribution in [3.63, 3.8) is 0 Å². The average molecular weight is 317 g/mol. The van der Waals surface area contributed by atoms with Crippen molar-refractivity contribution in [1.82, 2.24) is 10.6 Å². The Bertz CT molecular complexity index is 424. The average Bonchev–Trinajstić information content (AvgIpc) is 2.46. The molecule has 0 saturated heterocycles. The van der Waals surface area contributed by atoms with E-state index < -0.39 is 9.84 Å². The van der Waals surface area contributed by atoms with Gasteiger partial charge in [-0.05, 0) is 37.5 Å². The minimum absolute atomic E-state index is 0.157. The van der Waals surface area contributed by atoms with E-state index in [1.54, 1.807) is 14.0 Å². The van der Waals surface area contributed by atoms with Crippen LogP contribution in [0.1, 0.15) is 46.5 Å². The Balaban J connectivity index is 2.32. The smallest absolute Gasteiger partial charge is 0.191 e. The SMILES string of the molecule is CCS(=O)(=O)CCNC(=NC)NC1CCC(C(C)C)CC1. The van der Waals surface area contributed by atoms with Crippen LogP contribution in [-0.4, -0.2) is 45.5 Å². The summed E-state index contributed by atoms with van der Waals surface area (Å²) in [6.45, 7) is 6.69. The minimum Gasteiger partial charge on any atom is -0.355 e. The normalized spacial score (nSPS) is 24.1. The van der Waals surface area contributed by atoms with Gasteiger partial charge in [-0.15, -0.1) is 0 Å². The van der Waals surface area contributed by atoms with E-state index in [-0.39, 0.29) is 11.5 Å². The molecule has 1 saturated carbocycles. The fourth-order valence-corrected chi connectivity index (χ4v) is 3.49. The Morgan fingerprint density at radius 3 is 2.33 bits per heavy atom. The third kappa shape index (κ3) is 6.68. The van der Waals surface area contributed by atoms with Crippen molar-refractivity contribution >= 4 is 15.8 Å². The van der Waals surface area contributed by atoms with Gasteiger partial charge in [0.2, 0.25) is 0 Å². The van der Waals surface area contributed by atoms with Gasteiger partial charge in [-0.3, -0.25) is 4.99 Å². The molecule has 0 aliphatic heterocycles. The van der Waals surface area contributed by atoms with E-state index in [1.165, 1.54) is 12.8 Å². The van der Waals surface area contributed by atoms with Gasteiger partial charge in [0.1, 0.15) is 0 Å². The van der Waals surface area contributed by atoms with Crippen molar-refractivity contribution in [3.8, 4) is 0 Å². The molecule has 0 bridgehead atoms. The number of nitrogens with zero attached hydrogens (tertiary/aromatic N) is 1. The van der Waals surface area contributed by atoms with Gasteiger partial charge in [0.15, 0.2) is 15.8 Å². The number of hydrogen-bond acceptors (Lipinski definition) is 3. The second-order valence-corrected chi connectivity index (χ2v) is 8.71. The predicted octanol–water partition coefficient (Wildman–Crippen LogP) is 1.80. The van der Waals surface area contributed by atoms with Gasteiger partial charge in [0.25, 0.3) is 0 Å². The van der Waals surface area contributed by atoms with Gasteiger partial charge in [0, 0.05) is 25.4 Å². The molecule has 124 valence electrons. The van der Waals surface area contributed by atoms with E-state index >= 15 is 0 Å². The highest BCUT2D eigenvalue weighted by Crippen LogP contribution is 2.29. The number of nitrogens with one attached hydrogen (secondary N) is 2. The highest BCUT2D eigenvalue weighted by molar-refractivity contribution is 7.91. The second-order valence-electron chi connectivity index (χ2n) is 6.24. The summed E-state index contributed by atoms with van der Waals surface area (Å²) in [5.74, 6) is 2.68. The first kappa shape index (κ1) is 18.3. The Labute approximate surface area is 129 Å². The van der Waals surface area contributed by atoms with Crippen LogP contribution in [0.3, 0.4) is 0 Å². The number of guanidine groups is 1. The second kappa shape index (κ2) is 8.61. The molecule has 6 heteroatoms. The summed E-state index contributed by atoms with van der Waals surface area (Å²) < 4.78 is 22.9. The van der Waals surface area contributed by atoms with E-state index in [0.717, 1.165) is 24.7 Å². The molecule has 1 fully saturated rings. The Kier molecular flexibility index (Phi) is 7.49. The summed E-state index contributed by atoms with van der Waals surface area (Å²) in [6, 6.07) is 0.453. The molecule has 0 atom stereocenters. The number of aliphatic imine (C=N–C) groups is 1. The summed E-state index contributed by atoms with van der Waals surface area (Å²) in [5, 5.41) is 6.51. The molecule has 1 aliphatic rings. The van der Waals surface area contributed by atoms with Gasteiger partial charge < -0.3 is 10.6 Å². The highest BCUT2D eigenvalue weighted by Gasteiger charge is 2.23. The molecule has 0 spiro atoms. The fraction of sp³-hybridized carbons (Fsp3) is 0.933. The molecule has 0 aromatic carbocycles. The fourth-order valence-electron chi connectivity index (χ4n) is 2.79. The number of rotatable bonds is 6. The summed E-state index contributed by atoms with van der Waals surface area (Å²) in [7, 11) is -1.19. The lowest BCUT2D eigenvalue weighted by Gasteiger charge is -2.32. The molecule has 0 aromatic heterocycles. The van der Waals surface area contributed by atoms with Crippen molar-refractivity contribution in [2.45, 2.75) is 52.5 Å². The van der Waals surface area contributed by atoms with Gasteiger partial charge in [-0.25, -0.2) is 8.42 Å². The molecule has 2 N–H and O–H groups in total. The van der Waals surface area contributed by atoms with Gasteiger partial charge in [-0.2, -0.15) is 0 Å². The maximum Gasteiger partial charge on any atom is 0.191 e. The van der Waals surface area contributed by atoms with E-state index in [2.05, 4.69) is 29.5 Å². The lowest BCUT2D eigenvalue weighted by molar-refractivity contribution is 0.250. The topological polar surface area (TPSA) is 70.6 Å². The maximum atomic E-state index is 11.5. The van der Waals surface area contributed by atoms with Crippen molar-refractivity contribution in [3.05, 3.63) is 0 Å². The molecule has 21 heavy (non-hydrogen) atoms. The third-order valence-corrected chi connectivity index (χ3v) is 6.13. The first-order chi connectivity index (χ1) is 9.88. The molecule has 0 amide bonds. The summed E-state index contributed by atoms with van der Waals surface area (Å²) in [4.78, 5) is 4.18. The van der Waals surface area contributed by atoms with Crippen LogP contribution in [0.25, 0.3) is 0 Å². The Hall–Kier alpha value is -0.780. The zero-order valence-corrected chi connectivity index (χ0v) is 14.7. The van der Waals surface area contributed by atoms with Crippen molar-refractivity contribution in [1.29, 1.82) is 0 Å². The summed E-state index contributed by atoms with van der Waals surface area (Å²) in [5.41, 5.74) is 0. The van der Waals surface area contributed by atoms with E-state index in [1.807, 2.05) is 0 Å². The third-order valence-electron chi connectivity index (χ3n) is 4.42. The maximum absolute atomic E-state index is 11.5. The van der Waals surface area contributed by atoms with Crippen LogP contribution in [0.4, 0.5) is 0 Å². The predicted molar refractivity (Wildman–Crippen MR) is 89.4 cm³/mol. The van der Waals surface area contributed by atoms with Gasteiger partial charge in [0.05, 0.1) is 5.75 Å². The van der Waals surface area contributed by atoms with Crippen LogP contribution in [-0.2, 0) is 9.84 Å². The monoisotopic (exact) mass is 317 g/mol. The van der Waals surface area contributed by atoms with Crippen LogP contribution in [0.15, 0.2) is 4.99 Å². The molecule has 0 heterocycles. The van der Waals surface area contributed by atoms with Crippen LogP contribution in [0.5, 0.6) is 0 Å². The van der Waals surface area contributed by atoms with Crippen LogP contribution >= 0.6 is 0 Å². The number of hydrogen-bond donors (Lipinski definition) is 2. The van der Waals surface area contributed by atoms with Crippen molar-refractivity contribution < 1.29 is 8.42 Å². The molecule has 0 unspecified atom stereocenters. The summed E-state index contributed by atoms with van der Waals surface area (Å²) in [6.07, 6.45) is 4.85. The highest BCUT2D eigenvalue weighted by atomic mass is 32.2. The molecule has 1 rings (SSSR count). The lowest BCUT2D eigenvalue weighted by atomic mass is 9.80. The molecular formula is C15H31N3O2S. The van der Waals surface area contributed by atoms with Crippen LogP contribution in [0, 0.1) is 11.8 Å². The van der Waals surface area contributed by atoms with E-state index in [0.29, 0.717) is 18.5 Å². The standard InChI is InChI=1S/C15H31N3O2S/c1-5-21(19,20)11-10-17-15(16-4)18-14-8-6-13(7-9-14)12(2)3/h12-14H,5-11H2,1-4H3,(H2,16,17,18). The first-order valence-electron chi connectivity index (χ1n) is 8.05. The first-order valence-corrected chi connectivity index (χ1v) is 9.87. The minimum atomic E-state index is -2.92. The lowest BCUT2D eigenvalue weighted by Crippen LogP contribution is -2.46. The zero-order chi connectivity index (χ0) is 15.9. The molecule has 0 radical (unpaired) electrons. The van der Waals surface area contributed by atoms with Gasteiger partial charge >= 0.3 is 0 Å². The zero-order valence-electron chi connectivity index (χ0n) is 13.9. The summed E-state index contributed by atoms with van der Waals surface area (Å²) >= 11 is 0. The van der Waals surface area contributed by atoms with Crippen molar-refractivity contribution in [2.24, 2.45) is 16.8 Å². The van der Waals surface area contributed by atoms with E-state index in [4.69, 9.17) is 0 Å². The molecular weight excluding hydrogens is 286 g/mol. The molecule has 5 nitrogen and oxygen atoms in total.